The smallest absolute Gasteiger partial charge is 0.416 e. The number of rotatable bonds is 2. The normalized spacial score (nSPS) is 16.6. The Balaban J connectivity index is 1.68. The zero-order valence-electron chi connectivity index (χ0n) is 16.1. The number of amides is 1. The number of hydrogen-bond donors (Lipinski definition) is 1. The summed E-state index contributed by atoms with van der Waals surface area (Å²) in [6.45, 7) is 7.20. The van der Waals surface area contributed by atoms with Gasteiger partial charge in [0.15, 0.2) is 4.80 Å². The van der Waals surface area contributed by atoms with E-state index in [-0.39, 0.29) is 16.8 Å². The van der Waals surface area contributed by atoms with Crippen molar-refractivity contribution in [3.05, 3.63) is 28.6 Å². The van der Waals surface area contributed by atoms with Crippen molar-refractivity contribution >= 4 is 27.6 Å². The van der Waals surface area contributed by atoms with Crippen LogP contribution in [0.25, 0.3) is 10.2 Å². The van der Waals surface area contributed by atoms with Gasteiger partial charge in [0, 0.05) is 19.6 Å². The largest absolute Gasteiger partial charge is 0.444 e. The lowest BCUT2D eigenvalue weighted by Gasteiger charge is -2.33. The van der Waals surface area contributed by atoms with Crippen molar-refractivity contribution in [3.8, 4) is 0 Å². The summed E-state index contributed by atoms with van der Waals surface area (Å²) in [6, 6.07) is 3.62. The molecule has 1 N–H and O–H groups in total. The fourth-order valence-electron chi connectivity index (χ4n) is 3.33. The van der Waals surface area contributed by atoms with Crippen molar-refractivity contribution in [1.29, 1.82) is 5.41 Å². The first-order valence-electron chi connectivity index (χ1n) is 9.17. The van der Waals surface area contributed by atoms with Crippen LogP contribution in [0, 0.1) is 11.3 Å². The van der Waals surface area contributed by atoms with Gasteiger partial charge in [-0.15, -0.1) is 0 Å². The highest BCUT2D eigenvalue weighted by atomic mass is 32.1. The number of ether oxygens (including phenoxy) is 1. The highest BCUT2D eigenvalue weighted by Gasteiger charge is 2.31. The summed E-state index contributed by atoms with van der Waals surface area (Å²) in [7, 11) is 0. The number of likely N-dealkylation sites (tertiary alicyclic amines) is 1. The van der Waals surface area contributed by atoms with Gasteiger partial charge in [-0.25, -0.2) is 4.79 Å². The number of halogens is 3. The molecule has 3 rings (SSSR count). The third kappa shape index (κ3) is 4.68. The lowest BCUT2D eigenvalue weighted by Crippen LogP contribution is -2.42. The van der Waals surface area contributed by atoms with E-state index in [1.54, 1.807) is 9.47 Å². The maximum absolute atomic E-state index is 12.9. The van der Waals surface area contributed by atoms with Crippen molar-refractivity contribution in [3.63, 3.8) is 0 Å². The number of piperidine rings is 1. The molecule has 1 aromatic heterocycles. The number of aromatic nitrogens is 1. The van der Waals surface area contributed by atoms with E-state index in [4.69, 9.17) is 10.1 Å². The van der Waals surface area contributed by atoms with Gasteiger partial charge in [0.05, 0.1) is 15.8 Å². The number of carbonyl (C=O) groups is 1. The van der Waals surface area contributed by atoms with E-state index in [1.807, 2.05) is 20.8 Å². The van der Waals surface area contributed by atoms with Crippen molar-refractivity contribution < 1.29 is 22.7 Å². The minimum absolute atomic E-state index is 0.240. The molecule has 1 aliphatic heterocycles. The quantitative estimate of drug-likeness (QED) is 0.762. The highest BCUT2D eigenvalue weighted by Crippen LogP contribution is 2.32. The topological polar surface area (TPSA) is 58.3 Å². The maximum Gasteiger partial charge on any atom is 0.416 e. The number of hydrogen-bond acceptors (Lipinski definition) is 4. The third-order valence-electron chi connectivity index (χ3n) is 4.74. The van der Waals surface area contributed by atoms with Crippen molar-refractivity contribution in [1.82, 2.24) is 9.47 Å². The summed E-state index contributed by atoms with van der Waals surface area (Å²) in [6.07, 6.45) is -3.17. The molecule has 1 aromatic carbocycles. The molecule has 9 heteroatoms. The lowest BCUT2D eigenvalue weighted by atomic mass is 9.97. The number of nitrogens with one attached hydrogen (secondary N) is 1. The monoisotopic (exact) mass is 415 g/mol. The molecule has 0 aliphatic carbocycles. The molecular formula is C19H24F3N3O2S. The van der Waals surface area contributed by atoms with Gasteiger partial charge < -0.3 is 14.2 Å². The summed E-state index contributed by atoms with van der Waals surface area (Å²) >= 11 is 1.05. The van der Waals surface area contributed by atoms with Crippen LogP contribution in [-0.2, 0) is 17.5 Å². The summed E-state index contributed by atoms with van der Waals surface area (Å²) in [5.41, 5.74) is -0.578. The molecule has 0 unspecified atom stereocenters. The second-order valence-electron chi connectivity index (χ2n) is 8.11. The fourth-order valence-corrected chi connectivity index (χ4v) is 4.29. The van der Waals surface area contributed by atoms with Gasteiger partial charge in [-0.05, 0) is 57.7 Å². The molecule has 0 atom stereocenters. The molecule has 5 nitrogen and oxygen atoms in total. The Labute approximate surface area is 165 Å². The van der Waals surface area contributed by atoms with Crippen LogP contribution in [0.2, 0.25) is 0 Å². The summed E-state index contributed by atoms with van der Waals surface area (Å²) in [5, 5.41) is 8.17. The van der Waals surface area contributed by atoms with Crippen LogP contribution in [0.1, 0.15) is 39.2 Å². The zero-order valence-corrected chi connectivity index (χ0v) is 16.9. The Kier molecular flexibility index (Phi) is 5.49. The molecule has 0 bridgehead atoms. The number of fused-ring (bicyclic) bond motifs is 1. The van der Waals surface area contributed by atoms with Crippen LogP contribution in [0.3, 0.4) is 0 Å². The molecule has 1 fully saturated rings. The molecule has 28 heavy (non-hydrogen) atoms. The first-order chi connectivity index (χ1) is 12.9. The highest BCUT2D eigenvalue weighted by molar-refractivity contribution is 7.16. The Morgan fingerprint density at radius 3 is 2.46 bits per heavy atom. The van der Waals surface area contributed by atoms with Crippen LogP contribution < -0.4 is 4.80 Å². The van der Waals surface area contributed by atoms with Gasteiger partial charge in [0.25, 0.3) is 0 Å². The van der Waals surface area contributed by atoms with Gasteiger partial charge in [0.2, 0.25) is 0 Å². The lowest BCUT2D eigenvalue weighted by molar-refractivity contribution is -0.137. The Hall–Kier alpha value is -2.03. The Morgan fingerprint density at radius 1 is 1.25 bits per heavy atom. The second-order valence-corrected chi connectivity index (χ2v) is 9.14. The van der Waals surface area contributed by atoms with Gasteiger partial charge in [-0.2, -0.15) is 13.2 Å². The van der Waals surface area contributed by atoms with Crippen LogP contribution in [-0.4, -0.2) is 34.3 Å². The third-order valence-corrected chi connectivity index (χ3v) is 5.70. The van der Waals surface area contributed by atoms with Gasteiger partial charge in [-0.1, -0.05) is 11.3 Å². The number of nitrogens with zero attached hydrogens (tertiary/aromatic N) is 2. The zero-order chi connectivity index (χ0) is 20.7. The van der Waals surface area contributed by atoms with Crippen LogP contribution in [0.15, 0.2) is 18.2 Å². The fraction of sp³-hybridized carbons (Fsp3) is 0.579. The van der Waals surface area contributed by atoms with Crippen molar-refractivity contribution in [2.45, 2.75) is 51.9 Å². The summed E-state index contributed by atoms with van der Waals surface area (Å²) in [4.78, 5) is 14.1. The molecule has 154 valence electrons. The van der Waals surface area contributed by atoms with E-state index in [0.717, 1.165) is 36.3 Å². The molecule has 2 aromatic rings. The molecule has 1 aliphatic rings. The van der Waals surface area contributed by atoms with Crippen LogP contribution in [0.5, 0.6) is 0 Å². The predicted molar refractivity (Wildman–Crippen MR) is 101 cm³/mol. The first kappa shape index (κ1) is 20.7. The van der Waals surface area contributed by atoms with E-state index >= 15 is 0 Å². The Morgan fingerprint density at radius 2 is 1.89 bits per heavy atom. The molecule has 2 heterocycles. The predicted octanol–water partition coefficient (Wildman–Crippen LogP) is 4.85. The average Bonchev–Trinajstić information content (AvgIpc) is 2.88. The van der Waals surface area contributed by atoms with Crippen molar-refractivity contribution in [2.24, 2.45) is 5.92 Å². The molecule has 1 saturated heterocycles. The van der Waals surface area contributed by atoms with E-state index in [9.17, 15) is 18.0 Å². The summed E-state index contributed by atoms with van der Waals surface area (Å²) in [5.74, 6) is 0.257. The molecule has 0 saturated carbocycles. The second kappa shape index (κ2) is 7.42. The molecule has 0 spiro atoms. The van der Waals surface area contributed by atoms with Gasteiger partial charge in [0.1, 0.15) is 5.60 Å². The minimum atomic E-state index is -4.39. The van der Waals surface area contributed by atoms with Crippen LogP contribution in [0.4, 0.5) is 18.0 Å². The number of carbonyl (C=O) groups excluding carboxylic acids is 1. The van der Waals surface area contributed by atoms with Gasteiger partial charge >= 0.3 is 12.3 Å². The van der Waals surface area contributed by atoms with Crippen LogP contribution >= 0.6 is 11.3 Å². The average molecular weight is 415 g/mol. The Bertz CT molecular complexity index is 919. The first-order valence-corrected chi connectivity index (χ1v) is 9.99. The summed E-state index contributed by atoms with van der Waals surface area (Å²) < 4.78 is 46.4. The van der Waals surface area contributed by atoms with Crippen molar-refractivity contribution in [2.75, 3.05) is 13.1 Å². The standard InChI is InChI=1S/C19H24F3N3O2S/c1-18(2,3)27-17(26)24-8-6-12(7-9-24)11-25-14-5-4-13(19(20,21)22)10-15(14)28-16(25)23/h4-5,10,12,23H,6-9,11H2,1-3H3. The van der Waals surface area contributed by atoms with E-state index in [1.165, 1.54) is 6.07 Å². The number of benzene rings is 1. The van der Waals surface area contributed by atoms with E-state index in [2.05, 4.69) is 0 Å². The molecule has 1 amide bonds. The van der Waals surface area contributed by atoms with E-state index < -0.39 is 17.3 Å². The number of thiazole rings is 1. The maximum atomic E-state index is 12.9. The van der Waals surface area contributed by atoms with E-state index in [0.29, 0.717) is 29.9 Å². The number of alkyl halides is 3. The van der Waals surface area contributed by atoms with Gasteiger partial charge in [-0.3, -0.25) is 5.41 Å². The minimum Gasteiger partial charge on any atom is -0.444 e. The molecular weight excluding hydrogens is 391 g/mol. The molecule has 0 radical (unpaired) electrons. The SMILES string of the molecule is CC(C)(C)OC(=O)N1CCC(Cn2c(=N)sc3cc(C(F)(F)F)ccc32)CC1.